The highest BCUT2D eigenvalue weighted by molar-refractivity contribution is 6.01. The summed E-state index contributed by atoms with van der Waals surface area (Å²) in [7, 11) is 0. The number of carbonyl (C=O) groups excluding carboxylic acids is 2. The fourth-order valence-corrected chi connectivity index (χ4v) is 6.20. The number of aliphatic carboxylic acids is 2. The van der Waals surface area contributed by atoms with Crippen molar-refractivity contribution in [1.29, 1.82) is 5.26 Å². The Balaban J connectivity index is 0.000000515. The summed E-state index contributed by atoms with van der Waals surface area (Å²) >= 11 is 0. The molecule has 0 spiro atoms. The number of nitriles is 1. The van der Waals surface area contributed by atoms with Gasteiger partial charge in [-0.3, -0.25) is 40.6 Å². The van der Waals surface area contributed by atoms with Crippen molar-refractivity contribution in [3.63, 3.8) is 0 Å². The number of aliphatic hydroxyl groups excluding tert-OH is 1. The lowest BCUT2D eigenvalue weighted by molar-refractivity contribution is -0.386. The van der Waals surface area contributed by atoms with E-state index in [2.05, 4.69) is 16.3 Å². The van der Waals surface area contributed by atoms with Crippen LogP contribution in [0.15, 0.2) is 84.4 Å². The number of phenols is 11. The largest absolute Gasteiger partial charge is 0.504 e. The number of aliphatic hydroxyl groups is 1. The molecule has 0 fully saturated rings. The number of rotatable bonds is 19. The molecular weight excluding hydrogens is 1070 g/mol. The summed E-state index contributed by atoms with van der Waals surface area (Å²) in [5.74, 6) is -2.49. The van der Waals surface area contributed by atoms with E-state index < -0.39 is 87.3 Å². The number of amides is 2. The second-order valence-electron chi connectivity index (χ2n) is 17.0. The van der Waals surface area contributed by atoms with Gasteiger partial charge in [-0.2, -0.15) is 5.26 Å². The van der Waals surface area contributed by atoms with E-state index in [4.69, 9.17) is 74.3 Å². The zero-order valence-electron chi connectivity index (χ0n) is 43.8. The Morgan fingerprint density at radius 1 is 0.716 bits per heavy atom. The van der Waals surface area contributed by atoms with Gasteiger partial charge in [-0.15, -0.1) is 0 Å². The van der Waals surface area contributed by atoms with Gasteiger partial charge in [0.15, 0.2) is 51.7 Å². The lowest BCUT2D eigenvalue weighted by Gasteiger charge is -2.23. The summed E-state index contributed by atoms with van der Waals surface area (Å²) in [4.78, 5) is 56.0. The van der Waals surface area contributed by atoms with E-state index in [0.717, 1.165) is 23.8 Å². The van der Waals surface area contributed by atoms with E-state index in [0.29, 0.717) is 37.2 Å². The summed E-state index contributed by atoms with van der Waals surface area (Å²) < 4.78 is 0. The van der Waals surface area contributed by atoms with Crippen molar-refractivity contribution >= 4 is 35.5 Å². The van der Waals surface area contributed by atoms with E-state index >= 15 is 0 Å². The van der Waals surface area contributed by atoms with Gasteiger partial charge < -0.3 is 93.6 Å². The van der Waals surface area contributed by atoms with Crippen LogP contribution in [-0.2, 0) is 45.0 Å². The minimum atomic E-state index is -1.32. The number of hydrogen-bond donors (Lipinski definition) is 21. The number of nitrogens with two attached hydrogens (primary N) is 4. The zero-order chi connectivity index (χ0) is 61.9. The van der Waals surface area contributed by atoms with Crippen LogP contribution in [0.2, 0.25) is 0 Å². The molecule has 3 atom stereocenters. The molecule has 0 aliphatic heterocycles. The quantitative estimate of drug-likeness (QED) is 0.0135. The molecule has 0 aliphatic carbocycles. The molecule has 0 aromatic heterocycles. The van der Waals surface area contributed by atoms with Gasteiger partial charge in [-0.05, 0) is 117 Å². The van der Waals surface area contributed by atoms with Crippen LogP contribution in [0.3, 0.4) is 0 Å². The first kappa shape index (κ1) is 69.1. The number of carbonyl (C=O) groups is 4. The molecule has 0 heterocycles. The van der Waals surface area contributed by atoms with Crippen LogP contribution in [0.25, 0.3) is 6.08 Å². The molecule has 2 amide bonds. The Morgan fingerprint density at radius 2 is 1.22 bits per heavy atom. The van der Waals surface area contributed by atoms with Gasteiger partial charge in [0.25, 0.3) is 11.8 Å². The Hall–Kier alpha value is -9.87. The summed E-state index contributed by atoms with van der Waals surface area (Å²) in [5.41, 5.74) is 22.9. The number of nitro benzene ring substituents is 1. The van der Waals surface area contributed by atoms with Crippen molar-refractivity contribution in [2.24, 2.45) is 23.0 Å². The van der Waals surface area contributed by atoms with Crippen molar-refractivity contribution in [2.75, 3.05) is 26.2 Å². The molecular formula is C51H66N10O20. The van der Waals surface area contributed by atoms with Gasteiger partial charge >= 0.3 is 17.6 Å². The standard InChI is InChI=1S/C14H15N3O5.C10H15N3O5.C10H14N2O4.C9H11NO4.C8H11NO2/c1-3-16(4-2)14(20)10(8-15)5-9-6-11(17(21)22)13(19)12(18)7-9;11-6(4-14)10(18)13-12-3-5-1-2-7(15)9(17)8(5)16;1-10(12-11,9(15)16)5-6-2-3-7(13)8(14)4-6;10-6(9(13)14)3-5-1-2-7(11)8(12)4-5;9-4-3-6-1-2-7(10)8(11)5-6/h5-7,18-19H,3-4H2,1-2H3;1-2,6,12,14-17H,3-4,11H2,(H,13,18);2-4,12-14H,5,11H2,1H3,(H,15,16);1-2,4,6,11-12H,3,10H2,(H,13,14);1-2,5,10-11H,3-4,9H2/b10-5+;;;;. The maximum absolute atomic E-state index is 12.1. The topological polar surface area (TPSA) is 562 Å². The predicted octanol–water partition coefficient (Wildman–Crippen LogP) is 0.623. The number of carboxylic acids is 2. The number of aromatic hydroxyl groups is 11. The molecule has 5 rings (SSSR count). The first-order valence-corrected chi connectivity index (χ1v) is 23.6. The molecule has 30 heteroatoms. The average molecular weight is 1140 g/mol. The number of nitrogens with zero attached hydrogens (tertiary/aromatic N) is 3. The summed E-state index contributed by atoms with van der Waals surface area (Å²) in [6.45, 7) is 5.83. The fraction of sp³-hybridized carbons (Fsp3) is 0.275. The highest BCUT2D eigenvalue weighted by atomic mass is 16.6. The van der Waals surface area contributed by atoms with Crippen molar-refractivity contribution in [1.82, 2.24) is 21.2 Å². The van der Waals surface area contributed by atoms with E-state index in [-0.39, 0.29) is 70.6 Å². The highest BCUT2D eigenvalue weighted by Crippen LogP contribution is 2.38. The van der Waals surface area contributed by atoms with E-state index in [9.17, 15) is 54.8 Å². The van der Waals surface area contributed by atoms with Crippen LogP contribution in [0, 0.1) is 21.4 Å². The van der Waals surface area contributed by atoms with Crippen LogP contribution in [0.4, 0.5) is 5.69 Å². The number of hydrazine groups is 2. The molecule has 5 aromatic rings. The van der Waals surface area contributed by atoms with Gasteiger partial charge in [0.05, 0.1) is 11.5 Å². The van der Waals surface area contributed by atoms with Crippen LogP contribution in [0.5, 0.6) is 63.2 Å². The highest BCUT2D eigenvalue weighted by Gasteiger charge is 2.32. The molecule has 25 N–H and O–H groups in total. The van der Waals surface area contributed by atoms with Crippen molar-refractivity contribution < 1.29 is 95.6 Å². The number of benzene rings is 5. The number of nitro groups is 1. The van der Waals surface area contributed by atoms with E-state index in [1.54, 1.807) is 26.0 Å². The Labute approximate surface area is 461 Å². The lowest BCUT2D eigenvalue weighted by atomic mass is 9.93. The molecule has 5 aromatic carbocycles. The smallest absolute Gasteiger partial charge is 0.325 e. The molecule has 0 saturated carbocycles. The van der Waals surface area contributed by atoms with Gasteiger partial charge in [0.1, 0.15) is 29.3 Å². The SMILES string of the molecule is CC(Cc1ccc(O)c(O)c1)(NN)C(=O)O.CCN(CC)C(=O)/C(C#N)=C/c1cc(O)c(O)c([N+](=O)[O-])c1.NC(CO)C(=O)NNCc1ccc(O)c(O)c1O.NC(Cc1ccc(O)c(O)c1)C(=O)O.NCCc1ccc(O)c(O)c1. The third-order valence-electron chi connectivity index (χ3n) is 10.9. The normalized spacial score (nSPS) is 12.0. The number of carboxylic acid groups (broad SMARTS) is 2. The fourth-order valence-electron chi connectivity index (χ4n) is 6.20. The van der Waals surface area contributed by atoms with E-state index in [1.807, 2.05) is 0 Å². The molecule has 440 valence electrons. The molecule has 30 nitrogen and oxygen atoms in total. The maximum Gasteiger partial charge on any atom is 0.325 e. The van der Waals surface area contributed by atoms with Gasteiger partial charge in [-0.1, -0.05) is 24.3 Å². The van der Waals surface area contributed by atoms with Gasteiger partial charge in [0, 0.05) is 37.7 Å². The molecule has 81 heavy (non-hydrogen) atoms. The first-order valence-electron chi connectivity index (χ1n) is 23.6. The average Bonchev–Trinajstić information content (AvgIpc) is 3.46. The van der Waals surface area contributed by atoms with Crippen molar-refractivity contribution in [2.45, 2.75) is 64.2 Å². The third-order valence-corrected chi connectivity index (χ3v) is 10.9. The van der Waals surface area contributed by atoms with Crippen molar-refractivity contribution in [3.05, 3.63) is 122 Å². The third kappa shape index (κ3) is 22.2. The Bertz CT molecular complexity index is 3030. The monoisotopic (exact) mass is 1140 g/mol. The molecule has 3 unspecified atom stereocenters. The second-order valence-corrected chi connectivity index (χ2v) is 17.0. The van der Waals surface area contributed by atoms with Crippen LogP contribution >= 0.6 is 0 Å². The molecule has 0 radical (unpaired) electrons. The molecule has 0 saturated heterocycles. The van der Waals surface area contributed by atoms with Crippen LogP contribution < -0.4 is 39.3 Å². The van der Waals surface area contributed by atoms with Crippen molar-refractivity contribution in [3.8, 4) is 69.3 Å². The summed E-state index contributed by atoms with van der Waals surface area (Å²) in [6, 6.07) is 17.2. The summed E-state index contributed by atoms with van der Waals surface area (Å²) in [5, 5.41) is 147. The number of phenolic OH excluding ortho intramolecular Hbond substituents is 11. The Kier molecular flexibility index (Phi) is 28.5. The molecule has 0 aliphatic rings. The number of nitrogens with one attached hydrogen (secondary N) is 3. The first-order chi connectivity index (χ1) is 37.9. The minimum absolute atomic E-state index is 0.00353. The zero-order valence-corrected chi connectivity index (χ0v) is 43.8. The maximum atomic E-state index is 12.1. The lowest BCUT2D eigenvalue weighted by Crippen LogP contribution is -2.54. The number of likely N-dealkylation sites (N-methyl/N-ethyl adjacent to an activating group) is 1. The minimum Gasteiger partial charge on any atom is -0.504 e. The van der Waals surface area contributed by atoms with Crippen LogP contribution in [0.1, 0.15) is 48.6 Å². The second kappa shape index (κ2) is 33.4. The van der Waals surface area contributed by atoms with E-state index in [1.165, 1.54) is 72.5 Å². The van der Waals surface area contributed by atoms with Gasteiger partial charge in [-0.25, -0.2) is 10.9 Å². The number of hydrogen-bond acceptors (Lipinski definition) is 25. The van der Waals surface area contributed by atoms with Crippen LogP contribution in [-0.4, -0.2) is 149 Å². The summed E-state index contributed by atoms with van der Waals surface area (Å²) in [6.07, 6.45) is 2.05. The Morgan fingerprint density at radius 3 is 1.68 bits per heavy atom. The molecule has 0 bridgehead atoms. The predicted molar refractivity (Wildman–Crippen MR) is 288 cm³/mol. The van der Waals surface area contributed by atoms with Gasteiger partial charge in [0.2, 0.25) is 11.5 Å².